The van der Waals surface area contributed by atoms with E-state index in [0.717, 1.165) is 28.8 Å². The molecule has 0 N–H and O–H groups in total. The zero-order valence-electron chi connectivity index (χ0n) is 18.7. The van der Waals surface area contributed by atoms with E-state index in [1.165, 1.54) is 0 Å². The van der Waals surface area contributed by atoms with E-state index in [2.05, 4.69) is 6.92 Å². The third-order valence-corrected chi connectivity index (χ3v) is 6.10. The molecule has 7 heteroatoms. The molecule has 3 heterocycles. The van der Waals surface area contributed by atoms with Gasteiger partial charge in [-0.1, -0.05) is 31.2 Å². The number of ether oxygens (including phenoxy) is 1. The zero-order chi connectivity index (χ0) is 22.4. The van der Waals surface area contributed by atoms with E-state index in [9.17, 15) is 4.79 Å². The molecule has 1 atom stereocenters. The van der Waals surface area contributed by atoms with Gasteiger partial charge < -0.3 is 9.30 Å². The van der Waals surface area contributed by atoms with Crippen LogP contribution in [0, 0.1) is 6.92 Å². The summed E-state index contributed by atoms with van der Waals surface area (Å²) in [6.07, 6.45) is 0.840. The number of hydrogen-bond acceptors (Lipinski definition) is 5. The molecule has 7 nitrogen and oxygen atoms in total. The molecule has 3 aromatic heterocycles. The standard InChI is InChI=1S/C25H25N5O2/c1-5-15(2)30-16(3)26-23-21(25(30)31)22-24(28-20-9-7-6-8-19(20)27-22)29(23)14-17-10-12-18(32-4)13-11-17/h6-13,15H,5,14H2,1-4H3/t15-/m1/s1. The van der Waals surface area contributed by atoms with E-state index in [-0.39, 0.29) is 11.6 Å². The highest BCUT2D eigenvalue weighted by Crippen LogP contribution is 2.27. The van der Waals surface area contributed by atoms with Gasteiger partial charge in [0.1, 0.15) is 22.5 Å². The van der Waals surface area contributed by atoms with Gasteiger partial charge in [0.15, 0.2) is 11.3 Å². The van der Waals surface area contributed by atoms with E-state index in [1.54, 1.807) is 11.7 Å². The molecule has 5 aromatic rings. The minimum Gasteiger partial charge on any atom is -0.497 e. The Kier molecular flexibility index (Phi) is 4.89. The lowest BCUT2D eigenvalue weighted by molar-refractivity contribution is 0.414. The van der Waals surface area contributed by atoms with Crippen molar-refractivity contribution in [1.82, 2.24) is 24.1 Å². The van der Waals surface area contributed by atoms with Crippen molar-refractivity contribution in [1.29, 1.82) is 0 Å². The number of para-hydroxylation sites is 2. The van der Waals surface area contributed by atoms with E-state index in [4.69, 9.17) is 19.7 Å². The second-order valence-electron chi connectivity index (χ2n) is 8.11. The van der Waals surface area contributed by atoms with Crippen molar-refractivity contribution in [3.8, 4) is 5.75 Å². The Morgan fingerprint density at radius 2 is 1.66 bits per heavy atom. The van der Waals surface area contributed by atoms with Crippen LogP contribution in [0.1, 0.15) is 37.7 Å². The van der Waals surface area contributed by atoms with E-state index in [0.29, 0.717) is 34.6 Å². The minimum absolute atomic E-state index is 0.0489. The van der Waals surface area contributed by atoms with Crippen LogP contribution in [-0.4, -0.2) is 31.2 Å². The fraction of sp³-hybridized carbons (Fsp3) is 0.280. The molecule has 32 heavy (non-hydrogen) atoms. The first-order valence-electron chi connectivity index (χ1n) is 10.8. The maximum Gasteiger partial charge on any atom is 0.265 e. The molecule has 162 valence electrons. The molecular formula is C25H25N5O2. The lowest BCUT2D eigenvalue weighted by Crippen LogP contribution is -2.26. The Bertz CT molecular complexity index is 1520. The Labute approximate surface area is 185 Å². The maximum absolute atomic E-state index is 13.7. The Morgan fingerprint density at radius 1 is 0.969 bits per heavy atom. The largest absolute Gasteiger partial charge is 0.497 e. The number of aromatic nitrogens is 5. The fourth-order valence-electron chi connectivity index (χ4n) is 4.24. The average Bonchev–Trinajstić information content (AvgIpc) is 3.10. The molecule has 0 unspecified atom stereocenters. The van der Waals surface area contributed by atoms with Crippen LogP contribution in [0.4, 0.5) is 0 Å². The van der Waals surface area contributed by atoms with Crippen LogP contribution >= 0.6 is 0 Å². The number of methoxy groups -OCH3 is 1. The van der Waals surface area contributed by atoms with Gasteiger partial charge in [0.2, 0.25) is 0 Å². The van der Waals surface area contributed by atoms with Crippen LogP contribution in [0.25, 0.3) is 33.2 Å². The third kappa shape index (κ3) is 3.12. The van der Waals surface area contributed by atoms with E-state index >= 15 is 0 Å². The number of rotatable bonds is 5. The first kappa shape index (κ1) is 20.2. The van der Waals surface area contributed by atoms with E-state index < -0.39 is 0 Å². The van der Waals surface area contributed by atoms with Crippen molar-refractivity contribution in [2.45, 2.75) is 39.8 Å². The predicted octanol–water partition coefficient (Wildman–Crippen LogP) is 4.63. The number of nitrogens with zero attached hydrogens (tertiary/aromatic N) is 5. The zero-order valence-corrected chi connectivity index (χ0v) is 18.7. The van der Waals surface area contributed by atoms with Gasteiger partial charge in [-0.05, 0) is 50.1 Å². The smallest absolute Gasteiger partial charge is 0.265 e. The third-order valence-electron chi connectivity index (χ3n) is 6.10. The van der Waals surface area contributed by atoms with Gasteiger partial charge >= 0.3 is 0 Å². The predicted molar refractivity (Wildman–Crippen MR) is 126 cm³/mol. The topological polar surface area (TPSA) is 74.8 Å². The summed E-state index contributed by atoms with van der Waals surface area (Å²) in [5, 5.41) is 0.526. The highest BCUT2D eigenvalue weighted by atomic mass is 16.5. The summed E-state index contributed by atoms with van der Waals surface area (Å²) in [6.45, 7) is 6.52. The second kappa shape index (κ2) is 7.75. The summed E-state index contributed by atoms with van der Waals surface area (Å²) in [5.41, 5.74) is 4.43. The van der Waals surface area contributed by atoms with Crippen molar-refractivity contribution < 1.29 is 4.74 Å². The van der Waals surface area contributed by atoms with Crippen LogP contribution in [-0.2, 0) is 6.54 Å². The molecule has 0 aliphatic rings. The van der Waals surface area contributed by atoms with Crippen LogP contribution in [0.2, 0.25) is 0 Å². The molecule has 0 radical (unpaired) electrons. The normalized spacial score (nSPS) is 12.6. The summed E-state index contributed by atoms with van der Waals surface area (Å²) >= 11 is 0. The molecular weight excluding hydrogens is 402 g/mol. The van der Waals surface area contributed by atoms with Crippen molar-refractivity contribution in [2.75, 3.05) is 7.11 Å². The molecule has 0 amide bonds. The molecule has 0 bridgehead atoms. The Balaban J connectivity index is 1.85. The lowest BCUT2D eigenvalue weighted by Gasteiger charge is -2.16. The van der Waals surface area contributed by atoms with Crippen molar-refractivity contribution in [2.24, 2.45) is 0 Å². The van der Waals surface area contributed by atoms with Gasteiger partial charge in [0, 0.05) is 6.04 Å². The summed E-state index contributed by atoms with van der Waals surface area (Å²) in [7, 11) is 1.65. The van der Waals surface area contributed by atoms with Crippen LogP contribution in [0.5, 0.6) is 5.75 Å². The number of hydrogen-bond donors (Lipinski definition) is 0. The minimum atomic E-state index is -0.0649. The van der Waals surface area contributed by atoms with Gasteiger partial charge in [-0.3, -0.25) is 9.36 Å². The molecule has 0 spiro atoms. The first-order chi connectivity index (χ1) is 15.5. The first-order valence-corrected chi connectivity index (χ1v) is 10.8. The Morgan fingerprint density at radius 3 is 2.31 bits per heavy atom. The maximum atomic E-state index is 13.7. The number of fused-ring (bicyclic) bond motifs is 4. The van der Waals surface area contributed by atoms with Gasteiger partial charge in [-0.25, -0.2) is 15.0 Å². The van der Waals surface area contributed by atoms with Crippen LogP contribution < -0.4 is 10.3 Å². The molecule has 0 saturated heterocycles. The average molecular weight is 428 g/mol. The molecule has 5 rings (SSSR count). The number of aryl methyl sites for hydroxylation is 1. The fourth-order valence-corrected chi connectivity index (χ4v) is 4.24. The van der Waals surface area contributed by atoms with Gasteiger partial charge in [-0.15, -0.1) is 0 Å². The monoisotopic (exact) mass is 427 g/mol. The second-order valence-corrected chi connectivity index (χ2v) is 8.11. The quantitative estimate of drug-likeness (QED) is 0.409. The Hall–Kier alpha value is -3.74. The van der Waals surface area contributed by atoms with Crippen LogP contribution in [0.15, 0.2) is 53.3 Å². The molecule has 2 aromatic carbocycles. The lowest BCUT2D eigenvalue weighted by atomic mass is 10.2. The molecule has 0 aliphatic carbocycles. The summed E-state index contributed by atoms with van der Waals surface area (Å²) < 4.78 is 9.06. The van der Waals surface area contributed by atoms with Gasteiger partial charge in [0.05, 0.1) is 24.7 Å². The van der Waals surface area contributed by atoms with Gasteiger partial charge in [-0.2, -0.15) is 0 Å². The van der Waals surface area contributed by atoms with Crippen molar-refractivity contribution >= 4 is 33.2 Å². The number of benzene rings is 2. The molecule has 0 saturated carbocycles. The summed E-state index contributed by atoms with van der Waals surface area (Å²) in [6, 6.07) is 15.7. The van der Waals surface area contributed by atoms with E-state index in [1.807, 2.05) is 66.9 Å². The van der Waals surface area contributed by atoms with Crippen molar-refractivity contribution in [3.05, 3.63) is 70.3 Å². The summed E-state index contributed by atoms with van der Waals surface area (Å²) in [4.78, 5) is 28.3. The highest BCUT2D eigenvalue weighted by Gasteiger charge is 2.22. The molecule has 0 aliphatic heterocycles. The van der Waals surface area contributed by atoms with Crippen LogP contribution in [0.3, 0.4) is 0 Å². The molecule has 0 fully saturated rings. The van der Waals surface area contributed by atoms with Gasteiger partial charge in [0.25, 0.3) is 5.56 Å². The SMILES string of the molecule is CC[C@@H](C)n1c(C)nc2c(c1=O)c1nc3ccccc3nc1n2Cc1ccc(OC)cc1. The summed E-state index contributed by atoms with van der Waals surface area (Å²) in [5.74, 6) is 1.49. The highest BCUT2D eigenvalue weighted by molar-refractivity contribution is 6.04. The van der Waals surface area contributed by atoms with Crippen molar-refractivity contribution in [3.63, 3.8) is 0 Å².